The van der Waals surface area contributed by atoms with E-state index < -0.39 is 33.7 Å². The lowest BCUT2D eigenvalue weighted by Crippen LogP contribution is -2.07. The maximum absolute atomic E-state index is 13.7. The lowest BCUT2D eigenvalue weighted by atomic mass is 10.2. The number of hydrogen-bond donors (Lipinski definition) is 2. The van der Waals surface area contributed by atoms with Crippen molar-refractivity contribution in [1.82, 2.24) is 4.98 Å². The van der Waals surface area contributed by atoms with E-state index in [2.05, 4.69) is 15.5 Å². The fourth-order valence-corrected chi connectivity index (χ4v) is 2.45. The Morgan fingerprint density at radius 2 is 2.36 bits per heavy atom. The van der Waals surface area contributed by atoms with Gasteiger partial charge in [-0.2, -0.15) is 5.10 Å². The highest BCUT2D eigenvalue weighted by atomic mass is 32.1. The third-order valence-corrected chi connectivity index (χ3v) is 3.67. The first-order valence-corrected chi connectivity index (χ1v) is 7.85. The van der Waals surface area contributed by atoms with Crippen molar-refractivity contribution in [1.29, 1.82) is 0 Å². The number of carbonyl (C=O) groups is 1. The zero-order chi connectivity index (χ0) is 18.4. The van der Waals surface area contributed by atoms with Gasteiger partial charge in [0.05, 0.1) is 35.4 Å². The number of rotatable bonds is 7. The molecular formula is C14H13FN4O5S. The zero-order valence-corrected chi connectivity index (χ0v) is 13.7. The number of aromatic hydroxyl groups is 1. The quantitative estimate of drug-likeness (QED) is 0.332. The standard InChI is InChI=1S/C14H13FN4O5S/c1-2-24-12(20)5-8-7-25-14(17-8)18-16-6-9-10(15)3-4-11(13(9)21)19(22)23/h3-4,6-7,21H,2,5H2,1H3,(H,17,18). The van der Waals surface area contributed by atoms with Gasteiger partial charge in [-0.25, -0.2) is 9.37 Å². The van der Waals surface area contributed by atoms with E-state index in [0.717, 1.165) is 29.7 Å². The Kier molecular flexibility index (Phi) is 5.95. The van der Waals surface area contributed by atoms with Crippen molar-refractivity contribution in [3.63, 3.8) is 0 Å². The van der Waals surface area contributed by atoms with E-state index in [4.69, 9.17) is 4.74 Å². The molecule has 2 rings (SSSR count). The van der Waals surface area contributed by atoms with Crippen molar-refractivity contribution in [3.05, 3.63) is 44.7 Å². The molecule has 11 heteroatoms. The summed E-state index contributed by atoms with van der Waals surface area (Å²) in [4.78, 5) is 25.3. The topological polar surface area (TPSA) is 127 Å². The van der Waals surface area contributed by atoms with Gasteiger partial charge >= 0.3 is 11.7 Å². The first-order chi connectivity index (χ1) is 11.9. The molecule has 0 saturated heterocycles. The molecule has 0 aliphatic heterocycles. The van der Waals surface area contributed by atoms with Crippen molar-refractivity contribution in [2.24, 2.45) is 5.10 Å². The number of esters is 1. The molecule has 0 spiro atoms. The van der Waals surface area contributed by atoms with Gasteiger partial charge in [0.2, 0.25) is 10.9 Å². The van der Waals surface area contributed by atoms with Crippen LogP contribution in [0.5, 0.6) is 5.75 Å². The maximum Gasteiger partial charge on any atom is 0.311 e. The summed E-state index contributed by atoms with van der Waals surface area (Å²) in [6.07, 6.45) is 0.917. The van der Waals surface area contributed by atoms with Crippen LogP contribution >= 0.6 is 11.3 Å². The monoisotopic (exact) mass is 368 g/mol. The third-order valence-electron chi connectivity index (χ3n) is 2.88. The Morgan fingerprint density at radius 1 is 1.60 bits per heavy atom. The highest BCUT2D eigenvalue weighted by Gasteiger charge is 2.19. The van der Waals surface area contributed by atoms with E-state index in [-0.39, 0.29) is 13.0 Å². The summed E-state index contributed by atoms with van der Waals surface area (Å²) in [6, 6.07) is 1.72. The first-order valence-electron chi connectivity index (χ1n) is 6.97. The van der Waals surface area contributed by atoms with E-state index in [1.807, 2.05) is 0 Å². The number of ether oxygens (including phenoxy) is 1. The molecule has 0 bridgehead atoms. The van der Waals surface area contributed by atoms with Gasteiger partial charge in [-0.15, -0.1) is 11.3 Å². The number of aromatic nitrogens is 1. The molecule has 1 aromatic heterocycles. The molecule has 0 amide bonds. The summed E-state index contributed by atoms with van der Waals surface area (Å²) >= 11 is 1.15. The van der Waals surface area contributed by atoms with Crippen LogP contribution in [0.25, 0.3) is 0 Å². The largest absolute Gasteiger partial charge is 0.502 e. The van der Waals surface area contributed by atoms with Crippen LogP contribution in [-0.2, 0) is 16.0 Å². The Balaban J connectivity index is 2.07. The van der Waals surface area contributed by atoms with E-state index in [0.29, 0.717) is 10.8 Å². The summed E-state index contributed by atoms with van der Waals surface area (Å²) in [5.74, 6) is -2.10. The van der Waals surface area contributed by atoms with E-state index in [9.17, 15) is 24.4 Å². The minimum absolute atomic E-state index is 0.00995. The SMILES string of the molecule is CCOC(=O)Cc1csc(NN=Cc2c(F)ccc([N+](=O)[O-])c2O)n1. The molecule has 1 heterocycles. The Bertz CT molecular complexity index is 824. The van der Waals surface area contributed by atoms with Crippen LogP contribution in [0.2, 0.25) is 0 Å². The van der Waals surface area contributed by atoms with Gasteiger partial charge in [0.15, 0.2) is 0 Å². The number of nitrogens with zero attached hydrogens (tertiary/aromatic N) is 3. The molecule has 0 aliphatic rings. The second-order valence-electron chi connectivity index (χ2n) is 4.58. The van der Waals surface area contributed by atoms with Crippen molar-refractivity contribution in [3.8, 4) is 5.75 Å². The molecule has 0 saturated carbocycles. The van der Waals surface area contributed by atoms with Crippen LogP contribution in [0.1, 0.15) is 18.2 Å². The Labute approximate surface area is 144 Å². The van der Waals surface area contributed by atoms with Gasteiger partial charge in [-0.05, 0) is 13.0 Å². The first kappa shape index (κ1) is 18.3. The van der Waals surface area contributed by atoms with Gasteiger partial charge in [0, 0.05) is 11.4 Å². The number of halogens is 1. The number of hydrogen-bond acceptors (Lipinski definition) is 9. The molecule has 2 aromatic rings. The second kappa shape index (κ2) is 8.15. The van der Waals surface area contributed by atoms with Gasteiger partial charge in [-0.1, -0.05) is 0 Å². The van der Waals surface area contributed by atoms with Crippen LogP contribution in [-0.4, -0.2) is 33.8 Å². The molecule has 0 aliphatic carbocycles. The number of nitrogens with one attached hydrogen (secondary N) is 1. The lowest BCUT2D eigenvalue weighted by Gasteiger charge is -2.01. The summed E-state index contributed by atoms with van der Waals surface area (Å²) in [6.45, 7) is 1.97. The molecule has 0 atom stereocenters. The third kappa shape index (κ3) is 4.70. The average molecular weight is 368 g/mol. The van der Waals surface area contributed by atoms with Crippen molar-refractivity contribution < 1.29 is 24.0 Å². The number of anilines is 1. The van der Waals surface area contributed by atoms with Crippen LogP contribution in [0, 0.1) is 15.9 Å². The van der Waals surface area contributed by atoms with E-state index in [1.54, 1.807) is 12.3 Å². The predicted octanol–water partition coefficient (Wildman–Crippen LogP) is 2.45. The normalized spacial score (nSPS) is 10.8. The second-order valence-corrected chi connectivity index (χ2v) is 5.44. The minimum Gasteiger partial charge on any atom is -0.502 e. The number of carbonyl (C=O) groups excluding carboxylic acids is 1. The number of nitro benzene ring substituents is 1. The minimum atomic E-state index is -0.865. The average Bonchev–Trinajstić information content (AvgIpc) is 2.97. The van der Waals surface area contributed by atoms with Gasteiger partial charge in [-0.3, -0.25) is 20.3 Å². The Hall–Kier alpha value is -3.08. The molecule has 0 unspecified atom stereocenters. The van der Waals surface area contributed by atoms with Crippen molar-refractivity contribution in [2.45, 2.75) is 13.3 Å². The maximum atomic E-state index is 13.7. The summed E-state index contributed by atoms with van der Waals surface area (Å²) in [5, 5.41) is 26.1. The molecule has 0 radical (unpaired) electrons. The summed E-state index contributed by atoms with van der Waals surface area (Å²) in [7, 11) is 0. The van der Waals surface area contributed by atoms with Crippen molar-refractivity contribution in [2.75, 3.05) is 12.0 Å². The predicted molar refractivity (Wildman–Crippen MR) is 88.4 cm³/mol. The zero-order valence-electron chi connectivity index (χ0n) is 12.9. The van der Waals surface area contributed by atoms with Crippen LogP contribution in [0.3, 0.4) is 0 Å². The number of thiazole rings is 1. The fraction of sp³-hybridized carbons (Fsp3) is 0.214. The molecule has 25 heavy (non-hydrogen) atoms. The van der Waals surface area contributed by atoms with Crippen LogP contribution < -0.4 is 5.43 Å². The number of phenolic OH excluding ortho intramolecular Hbond substituents is 1. The number of hydrazone groups is 1. The molecule has 9 nitrogen and oxygen atoms in total. The molecule has 1 aromatic carbocycles. The van der Waals surface area contributed by atoms with Gasteiger partial charge in [0.1, 0.15) is 5.82 Å². The molecule has 0 fully saturated rings. The smallest absolute Gasteiger partial charge is 0.311 e. The highest BCUT2D eigenvalue weighted by molar-refractivity contribution is 7.13. The summed E-state index contributed by atoms with van der Waals surface area (Å²) < 4.78 is 18.5. The number of phenols is 1. The fourth-order valence-electron chi connectivity index (χ4n) is 1.79. The van der Waals surface area contributed by atoms with Gasteiger partial charge in [0.25, 0.3) is 0 Å². The van der Waals surface area contributed by atoms with E-state index >= 15 is 0 Å². The van der Waals surface area contributed by atoms with Gasteiger partial charge < -0.3 is 9.84 Å². The summed E-state index contributed by atoms with van der Waals surface area (Å²) in [5.41, 5.74) is 1.92. The lowest BCUT2D eigenvalue weighted by molar-refractivity contribution is -0.385. The number of benzene rings is 1. The number of nitro groups is 1. The molecular weight excluding hydrogens is 355 g/mol. The molecule has 132 valence electrons. The Morgan fingerprint density at radius 3 is 3.04 bits per heavy atom. The van der Waals surface area contributed by atoms with Crippen LogP contribution in [0.15, 0.2) is 22.6 Å². The molecule has 2 N–H and O–H groups in total. The van der Waals surface area contributed by atoms with Crippen molar-refractivity contribution >= 4 is 34.3 Å². The van der Waals surface area contributed by atoms with E-state index in [1.165, 1.54) is 0 Å². The highest BCUT2D eigenvalue weighted by Crippen LogP contribution is 2.30. The van der Waals surface area contributed by atoms with Crippen LogP contribution in [0.4, 0.5) is 15.2 Å².